The summed E-state index contributed by atoms with van der Waals surface area (Å²) in [5.41, 5.74) is 4.76. The zero-order valence-electron chi connectivity index (χ0n) is 14.6. The van der Waals surface area contributed by atoms with Gasteiger partial charge in [0.25, 0.3) is 5.91 Å². The second kappa shape index (κ2) is 6.56. The lowest BCUT2D eigenvalue weighted by Gasteiger charge is -2.31. The van der Waals surface area contributed by atoms with Crippen LogP contribution in [-0.2, 0) is 11.3 Å². The molecular weight excluding hydrogens is 302 g/mol. The van der Waals surface area contributed by atoms with Crippen molar-refractivity contribution in [3.63, 3.8) is 0 Å². The van der Waals surface area contributed by atoms with Gasteiger partial charge in [0.05, 0.1) is 0 Å². The first-order valence-electron chi connectivity index (χ1n) is 8.22. The molecule has 0 bridgehead atoms. The maximum Gasteiger partial charge on any atom is 0.265 e. The molecule has 0 fully saturated rings. The van der Waals surface area contributed by atoms with Gasteiger partial charge in [-0.25, -0.2) is 0 Å². The molecule has 2 aromatic rings. The molecule has 4 heteroatoms. The third-order valence-corrected chi connectivity index (χ3v) is 4.38. The maximum atomic E-state index is 12.6. The highest BCUT2D eigenvalue weighted by atomic mass is 16.6. The predicted molar refractivity (Wildman–Crippen MR) is 93.4 cm³/mol. The lowest BCUT2D eigenvalue weighted by atomic mass is 10.00. The second-order valence-corrected chi connectivity index (χ2v) is 6.40. The molecule has 1 amide bonds. The molecule has 0 radical (unpaired) electrons. The molecular formula is C20H23NO3. The fraction of sp³-hybridized carbons (Fsp3) is 0.350. The van der Waals surface area contributed by atoms with E-state index >= 15 is 0 Å². The molecule has 4 nitrogen and oxygen atoms in total. The standard InChI is InChI=1S/C20H23NO3/c1-12-9-13(2)16(14(3)10-12)11-21-20(22)19-15(4)23-17-7-5-6-8-18(17)24-19/h5-10,15,19H,11H2,1-4H3,(H,21,22). The van der Waals surface area contributed by atoms with Crippen molar-refractivity contribution in [1.29, 1.82) is 0 Å². The minimum Gasteiger partial charge on any atom is -0.482 e. The lowest BCUT2D eigenvalue weighted by Crippen LogP contribution is -2.48. The number of hydrogen-bond donors (Lipinski definition) is 1. The predicted octanol–water partition coefficient (Wildman–Crippen LogP) is 3.46. The zero-order valence-corrected chi connectivity index (χ0v) is 14.6. The first-order valence-corrected chi connectivity index (χ1v) is 8.22. The summed E-state index contributed by atoms with van der Waals surface area (Å²) >= 11 is 0. The van der Waals surface area contributed by atoms with Crippen LogP contribution in [0.25, 0.3) is 0 Å². The molecule has 1 heterocycles. The van der Waals surface area contributed by atoms with Crippen molar-refractivity contribution in [1.82, 2.24) is 5.32 Å². The SMILES string of the molecule is Cc1cc(C)c(CNC(=O)C2Oc3ccccc3OC2C)c(C)c1. The van der Waals surface area contributed by atoms with Gasteiger partial charge < -0.3 is 14.8 Å². The Kier molecular flexibility index (Phi) is 4.47. The van der Waals surface area contributed by atoms with Gasteiger partial charge in [0.15, 0.2) is 11.5 Å². The van der Waals surface area contributed by atoms with Crippen LogP contribution in [0.1, 0.15) is 29.2 Å². The average Bonchev–Trinajstić information content (AvgIpc) is 2.53. The van der Waals surface area contributed by atoms with Crippen molar-refractivity contribution in [2.75, 3.05) is 0 Å². The molecule has 2 atom stereocenters. The van der Waals surface area contributed by atoms with E-state index in [1.165, 1.54) is 16.7 Å². The van der Waals surface area contributed by atoms with Crippen LogP contribution < -0.4 is 14.8 Å². The molecule has 24 heavy (non-hydrogen) atoms. The van der Waals surface area contributed by atoms with Crippen LogP contribution in [0.5, 0.6) is 11.5 Å². The molecule has 0 aromatic heterocycles. The van der Waals surface area contributed by atoms with Crippen molar-refractivity contribution in [2.45, 2.75) is 46.4 Å². The van der Waals surface area contributed by atoms with Crippen LogP contribution in [0.3, 0.4) is 0 Å². The van der Waals surface area contributed by atoms with E-state index in [0.717, 1.165) is 5.56 Å². The Labute approximate surface area is 142 Å². The van der Waals surface area contributed by atoms with Crippen LogP contribution in [-0.4, -0.2) is 18.1 Å². The summed E-state index contributed by atoms with van der Waals surface area (Å²) in [6, 6.07) is 11.7. The molecule has 2 aromatic carbocycles. The molecule has 1 aliphatic heterocycles. The normalized spacial score (nSPS) is 19.0. The minimum atomic E-state index is -0.647. The summed E-state index contributed by atoms with van der Waals surface area (Å²) in [5.74, 6) is 1.13. The van der Waals surface area contributed by atoms with Crippen molar-refractivity contribution < 1.29 is 14.3 Å². The topological polar surface area (TPSA) is 47.6 Å². The van der Waals surface area contributed by atoms with Gasteiger partial charge in [0.2, 0.25) is 6.10 Å². The minimum absolute atomic E-state index is 0.156. The van der Waals surface area contributed by atoms with E-state index in [2.05, 4.69) is 38.2 Å². The number of benzene rings is 2. The van der Waals surface area contributed by atoms with E-state index in [1.807, 2.05) is 31.2 Å². The van der Waals surface area contributed by atoms with Gasteiger partial charge in [-0.05, 0) is 56.5 Å². The van der Waals surface area contributed by atoms with Crippen LogP contribution in [0, 0.1) is 20.8 Å². The Morgan fingerprint density at radius 1 is 1.04 bits per heavy atom. The van der Waals surface area contributed by atoms with Crippen molar-refractivity contribution in [3.8, 4) is 11.5 Å². The highest BCUT2D eigenvalue weighted by Gasteiger charge is 2.33. The molecule has 1 aliphatic rings. The van der Waals surface area contributed by atoms with Crippen molar-refractivity contribution in [2.24, 2.45) is 0 Å². The van der Waals surface area contributed by atoms with Gasteiger partial charge in [-0.2, -0.15) is 0 Å². The smallest absolute Gasteiger partial charge is 0.265 e. The quantitative estimate of drug-likeness (QED) is 0.940. The Hall–Kier alpha value is -2.49. The Balaban J connectivity index is 1.70. The maximum absolute atomic E-state index is 12.6. The van der Waals surface area contributed by atoms with E-state index < -0.39 is 6.10 Å². The molecule has 126 valence electrons. The lowest BCUT2D eigenvalue weighted by molar-refractivity contribution is -0.133. The number of hydrogen-bond acceptors (Lipinski definition) is 3. The highest BCUT2D eigenvalue weighted by Crippen LogP contribution is 2.33. The van der Waals surface area contributed by atoms with E-state index in [0.29, 0.717) is 18.0 Å². The number of nitrogens with one attached hydrogen (secondary N) is 1. The summed E-state index contributed by atoms with van der Waals surface area (Å²) in [6.07, 6.45) is -0.980. The van der Waals surface area contributed by atoms with Gasteiger partial charge in [-0.1, -0.05) is 29.8 Å². The van der Waals surface area contributed by atoms with Gasteiger partial charge in [-0.15, -0.1) is 0 Å². The Morgan fingerprint density at radius 3 is 2.25 bits per heavy atom. The molecule has 0 saturated carbocycles. The number of aryl methyl sites for hydroxylation is 3. The van der Waals surface area contributed by atoms with Crippen LogP contribution in [0.4, 0.5) is 0 Å². The largest absolute Gasteiger partial charge is 0.482 e. The number of carbonyl (C=O) groups is 1. The van der Waals surface area contributed by atoms with Gasteiger partial charge in [0, 0.05) is 6.54 Å². The summed E-state index contributed by atoms with van der Waals surface area (Å²) < 4.78 is 11.6. The van der Waals surface area contributed by atoms with E-state index in [4.69, 9.17) is 9.47 Å². The average molecular weight is 325 g/mol. The zero-order chi connectivity index (χ0) is 17.3. The van der Waals surface area contributed by atoms with E-state index in [9.17, 15) is 4.79 Å². The number of fused-ring (bicyclic) bond motifs is 1. The van der Waals surface area contributed by atoms with Crippen molar-refractivity contribution in [3.05, 3.63) is 58.7 Å². The fourth-order valence-corrected chi connectivity index (χ4v) is 3.17. The molecule has 0 saturated heterocycles. The van der Waals surface area contributed by atoms with E-state index in [1.54, 1.807) is 0 Å². The summed E-state index contributed by atoms with van der Waals surface area (Å²) in [7, 11) is 0. The summed E-state index contributed by atoms with van der Waals surface area (Å²) in [6.45, 7) is 8.56. The first-order chi connectivity index (χ1) is 11.5. The van der Waals surface area contributed by atoms with Gasteiger partial charge >= 0.3 is 0 Å². The van der Waals surface area contributed by atoms with Gasteiger partial charge in [0.1, 0.15) is 6.10 Å². The number of para-hydroxylation sites is 2. The van der Waals surface area contributed by atoms with E-state index in [-0.39, 0.29) is 12.0 Å². The fourth-order valence-electron chi connectivity index (χ4n) is 3.17. The molecule has 0 spiro atoms. The van der Waals surface area contributed by atoms with Crippen LogP contribution in [0.15, 0.2) is 36.4 Å². The Morgan fingerprint density at radius 2 is 1.62 bits per heavy atom. The second-order valence-electron chi connectivity index (χ2n) is 6.40. The summed E-state index contributed by atoms with van der Waals surface area (Å²) in [4.78, 5) is 12.6. The first kappa shape index (κ1) is 16.4. The number of amides is 1. The van der Waals surface area contributed by atoms with Gasteiger partial charge in [-0.3, -0.25) is 4.79 Å². The molecule has 1 N–H and O–H groups in total. The monoisotopic (exact) mass is 325 g/mol. The van der Waals surface area contributed by atoms with Crippen molar-refractivity contribution >= 4 is 5.91 Å². The van der Waals surface area contributed by atoms with Crippen LogP contribution >= 0.6 is 0 Å². The molecule has 0 aliphatic carbocycles. The molecule has 3 rings (SSSR count). The highest BCUT2D eigenvalue weighted by molar-refractivity contribution is 5.82. The molecule has 2 unspecified atom stereocenters. The number of carbonyl (C=O) groups excluding carboxylic acids is 1. The summed E-state index contributed by atoms with van der Waals surface area (Å²) in [5, 5.41) is 2.99. The third kappa shape index (κ3) is 3.23. The Bertz CT molecular complexity index is 746. The number of rotatable bonds is 3. The third-order valence-electron chi connectivity index (χ3n) is 4.38. The number of ether oxygens (including phenoxy) is 2. The van der Waals surface area contributed by atoms with Crippen LogP contribution in [0.2, 0.25) is 0 Å².